The molecule has 0 saturated heterocycles. The Morgan fingerprint density at radius 2 is 2.53 bits per heavy atom. The van der Waals surface area contributed by atoms with Gasteiger partial charge in [-0.25, -0.2) is 0 Å². The largest absolute Gasteiger partial charge is 0.490 e. The molecule has 1 aliphatic rings. The molecule has 1 aromatic heterocycles. The van der Waals surface area contributed by atoms with Crippen LogP contribution in [0.2, 0.25) is 0 Å². The fourth-order valence-corrected chi connectivity index (χ4v) is 1.53. The van der Waals surface area contributed by atoms with E-state index in [-0.39, 0.29) is 12.3 Å². The Hall–Kier alpha value is -1.58. The molecular weight excluding hydrogens is 192 g/mol. The molecular formula is C11H14N2O2. The predicted octanol–water partition coefficient (Wildman–Crippen LogP) is 1.45. The van der Waals surface area contributed by atoms with Gasteiger partial charge in [-0.3, -0.25) is 9.48 Å². The molecule has 0 aromatic carbocycles. The lowest BCUT2D eigenvalue weighted by atomic mass is 10.2. The van der Waals surface area contributed by atoms with Crippen LogP contribution in [0.15, 0.2) is 24.2 Å². The number of ether oxygens (including phenoxy) is 1. The maximum Gasteiger partial charge on any atom is 0.218 e. The second-order valence-corrected chi connectivity index (χ2v) is 3.70. The summed E-state index contributed by atoms with van der Waals surface area (Å²) in [6.45, 7) is 2.86. The van der Waals surface area contributed by atoms with E-state index in [1.807, 2.05) is 19.2 Å². The fourth-order valence-electron chi connectivity index (χ4n) is 1.53. The van der Waals surface area contributed by atoms with Crippen LogP contribution in [0.4, 0.5) is 0 Å². The third-order valence-corrected chi connectivity index (χ3v) is 2.28. The van der Waals surface area contributed by atoms with Crippen LogP contribution >= 0.6 is 0 Å². The minimum absolute atomic E-state index is 0.00204. The molecule has 0 unspecified atom stereocenters. The summed E-state index contributed by atoms with van der Waals surface area (Å²) in [6, 6.07) is 0. The van der Waals surface area contributed by atoms with Gasteiger partial charge in [0.05, 0.1) is 12.8 Å². The lowest BCUT2D eigenvalue weighted by Crippen LogP contribution is -2.17. The van der Waals surface area contributed by atoms with Crippen molar-refractivity contribution in [2.75, 3.05) is 6.61 Å². The molecule has 15 heavy (non-hydrogen) atoms. The van der Waals surface area contributed by atoms with Crippen LogP contribution in [0.25, 0.3) is 0 Å². The number of rotatable bonds is 3. The van der Waals surface area contributed by atoms with Gasteiger partial charge in [0, 0.05) is 6.20 Å². The SMILES string of the molecule is Cc1cnn(CC(=O)C2=CCCCO2)c1. The molecule has 1 aliphatic heterocycles. The number of hydrogen-bond acceptors (Lipinski definition) is 3. The molecule has 0 fully saturated rings. The van der Waals surface area contributed by atoms with E-state index in [4.69, 9.17) is 4.74 Å². The Morgan fingerprint density at radius 3 is 3.13 bits per heavy atom. The number of hydrogen-bond donors (Lipinski definition) is 0. The quantitative estimate of drug-likeness (QED) is 0.752. The molecule has 1 aromatic rings. The van der Waals surface area contributed by atoms with Crippen LogP contribution in [0.5, 0.6) is 0 Å². The van der Waals surface area contributed by atoms with Crippen LogP contribution in [0, 0.1) is 6.92 Å². The van der Waals surface area contributed by atoms with Crippen LogP contribution in [0.1, 0.15) is 18.4 Å². The van der Waals surface area contributed by atoms with Crippen molar-refractivity contribution in [2.45, 2.75) is 26.3 Å². The Kier molecular flexibility index (Phi) is 2.85. The second-order valence-electron chi connectivity index (χ2n) is 3.70. The number of allylic oxidation sites excluding steroid dienone is 2. The number of nitrogens with zero attached hydrogens (tertiary/aromatic N) is 2. The zero-order valence-corrected chi connectivity index (χ0v) is 8.77. The number of carbonyl (C=O) groups is 1. The minimum Gasteiger partial charge on any atom is -0.490 e. The molecule has 0 aliphatic carbocycles. The minimum atomic E-state index is -0.00204. The first-order chi connectivity index (χ1) is 7.25. The van der Waals surface area contributed by atoms with Crippen molar-refractivity contribution in [1.29, 1.82) is 0 Å². The number of aryl methyl sites for hydroxylation is 1. The molecule has 4 heteroatoms. The molecule has 0 spiro atoms. The van der Waals surface area contributed by atoms with Crippen LogP contribution < -0.4 is 0 Å². The number of carbonyl (C=O) groups excluding carboxylic acids is 1. The van der Waals surface area contributed by atoms with Crippen molar-refractivity contribution in [3.05, 3.63) is 29.8 Å². The van der Waals surface area contributed by atoms with Gasteiger partial charge in [-0.2, -0.15) is 5.10 Å². The molecule has 2 heterocycles. The first-order valence-electron chi connectivity index (χ1n) is 5.11. The molecule has 0 saturated carbocycles. The van der Waals surface area contributed by atoms with Crippen molar-refractivity contribution < 1.29 is 9.53 Å². The van der Waals surface area contributed by atoms with E-state index in [2.05, 4.69) is 5.10 Å². The third kappa shape index (κ3) is 2.46. The molecule has 2 rings (SSSR count). The van der Waals surface area contributed by atoms with Crippen LogP contribution in [0.3, 0.4) is 0 Å². The summed E-state index contributed by atoms with van der Waals surface area (Å²) in [5, 5.41) is 4.06. The second kappa shape index (κ2) is 4.29. The molecule has 80 valence electrons. The van der Waals surface area contributed by atoms with Gasteiger partial charge in [0.15, 0.2) is 5.76 Å². The predicted molar refractivity (Wildman–Crippen MR) is 55.2 cm³/mol. The Bertz CT molecular complexity index is 393. The maximum absolute atomic E-state index is 11.7. The van der Waals surface area contributed by atoms with E-state index in [1.54, 1.807) is 10.9 Å². The standard InChI is InChI=1S/C11H14N2O2/c1-9-6-12-13(7-9)8-10(14)11-4-2-3-5-15-11/h4,6-7H,2-3,5,8H2,1H3. The summed E-state index contributed by atoms with van der Waals surface area (Å²) in [4.78, 5) is 11.7. The van der Waals surface area contributed by atoms with E-state index < -0.39 is 0 Å². The Morgan fingerprint density at radius 1 is 1.67 bits per heavy atom. The van der Waals surface area contributed by atoms with Gasteiger partial charge in [-0.1, -0.05) is 0 Å². The summed E-state index contributed by atoms with van der Waals surface area (Å²) in [6.07, 6.45) is 7.38. The maximum atomic E-state index is 11.7. The monoisotopic (exact) mass is 206 g/mol. The molecule has 0 bridgehead atoms. The Labute approximate surface area is 88.5 Å². The first kappa shape index (κ1) is 9.96. The van der Waals surface area contributed by atoms with Gasteiger partial charge in [-0.05, 0) is 31.4 Å². The highest BCUT2D eigenvalue weighted by Gasteiger charge is 2.14. The molecule has 4 nitrogen and oxygen atoms in total. The van der Waals surface area contributed by atoms with Crippen molar-refractivity contribution in [1.82, 2.24) is 9.78 Å². The van der Waals surface area contributed by atoms with Gasteiger partial charge in [-0.15, -0.1) is 0 Å². The summed E-state index contributed by atoms with van der Waals surface area (Å²) in [5.41, 5.74) is 1.06. The highest BCUT2D eigenvalue weighted by atomic mass is 16.5. The lowest BCUT2D eigenvalue weighted by Gasteiger charge is -2.13. The average molecular weight is 206 g/mol. The lowest BCUT2D eigenvalue weighted by molar-refractivity contribution is -0.119. The van der Waals surface area contributed by atoms with Crippen molar-refractivity contribution in [3.8, 4) is 0 Å². The Balaban J connectivity index is 2.00. The zero-order valence-electron chi connectivity index (χ0n) is 8.77. The molecule has 0 atom stereocenters. The summed E-state index contributed by atoms with van der Waals surface area (Å²) < 4.78 is 6.92. The van der Waals surface area contributed by atoms with E-state index >= 15 is 0 Å². The molecule has 0 amide bonds. The topological polar surface area (TPSA) is 44.1 Å². The van der Waals surface area contributed by atoms with E-state index in [9.17, 15) is 4.79 Å². The van der Waals surface area contributed by atoms with Gasteiger partial charge >= 0.3 is 0 Å². The van der Waals surface area contributed by atoms with Gasteiger partial charge in [0.2, 0.25) is 5.78 Å². The summed E-state index contributed by atoms with van der Waals surface area (Å²) in [5.74, 6) is 0.493. The van der Waals surface area contributed by atoms with Gasteiger partial charge in [0.25, 0.3) is 0 Å². The van der Waals surface area contributed by atoms with Crippen molar-refractivity contribution >= 4 is 5.78 Å². The summed E-state index contributed by atoms with van der Waals surface area (Å²) in [7, 11) is 0. The number of Topliss-reactive ketones (excluding diaryl/α,β-unsaturated/α-hetero) is 1. The van der Waals surface area contributed by atoms with Crippen LogP contribution in [-0.2, 0) is 16.1 Å². The number of ketones is 1. The van der Waals surface area contributed by atoms with E-state index in [1.165, 1.54) is 0 Å². The van der Waals surface area contributed by atoms with E-state index in [0.717, 1.165) is 18.4 Å². The third-order valence-electron chi connectivity index (χ3n) is 2.28. The zero-order chi connectivity index (χ0) is 10.7. The summed E-state index contributed by atoms with van der Waals surface area (Å²) >= 11 is 0. The highest BCUT2D eigenvalue weighted by molar-refractivity contribution is 5.93. The van der Waals surface area contributed by atoms with Crippen molar-refractivity contribution in [2.24, 2.45) is 0 Å². The van der Waals surface area contributed by atoms with Gasteiger partial charge < -0.3 is 4.74 Å². The molecule has 0 radical (unpaired) electrons. The van der Waals surface area contributed by atoms with Gasteiger partial charge in [0.1, 0.15) is 6.54 Å². The normalized spacial score (nSPS) is 15.7. The van der Waals surface area contributed by atoms with E-state index in [0.29, 0.717) is 12.4 Å². The fraction of sp³-hybridized carbons (Fsp3) is 0.455. The molecule has 0 N–H and O–H groups in total. The van der Waals surface area contributed by atoms with Crippen LogP contribution in [-0.4, -0.2) is 22.2 Å². The highest BCUT2D eigenvalue weighted by Crippen LogP contribution is 2.11. The average Bonchev–Trinajstić information content (AvgIpc) is 2.65. The van der Waals surface area contributed by atoms with Crippen molar-refractivity contribution in [3.63, 3.8) is 0 Å². The smallest absolute Gasteiger partial charge is 0.218 e. The number of aromatic nitrogens is 2. The first-order valence-corrected chi connectivity index (χ1v) is 5.11.